The van der Waals surface area contributed by atoms with Crippen LogP contribution in [0.1, 0.15) is 11.4 Å². The van der Waals surface area contributed by atoms with Crippen molar-refractivity contribution in [2.45, 2.75) is 18.7 Å². The summed E-state index contributed by atoms with van der Waals surface area (Å²) in [6.07, 6.45) is 1.55. The lowest BCUT2D eigenvalue weighted by Crippen LogP contribution is -2.09. The third-order valence-corrected chi connectivity index (χ3v) is 5.51. The fraction of sp³-hybridized carbons (Fsp3) is 0.150. The fourth-order valence-electron chi connectivity index (χ4n) is 2.56. The van der Waals surface area contributed by atoms with Crippen LogP contribution in [0.3, 0.4) is 0 Å². The number of carbonyl (C=O) groups excluding carboxylic acids is 1. The molecule has 0 spiro atoms. The van der Waals surface area contributed by atoms with Gasteiger partial charge in [0.1, 0.15) is 12.1 Å². The number of nitrogens with zero attached hydrogens (tertiary/aromatic N) is 5. The topological polar surface area (TPSA) is 95.9 Å². The molecule has 2 aromatic heterocycles. The van der Waals surface area contributed by atoms with Crippen molar-refractivity contribution in [3.05, 3.63) is 71.0 Å². The second kappa shape index (κ2) is 9.27. The summed E-state index contributed by atoms with van der Waals surface area (Å²) in [7, 11) is 0. The van der Waals surface area contributed by atoms with E-state index in [-0.39, 0.29) is 29.9 Å². The second-order valence-corrected chi connectivity index (χ2v) is 7.74. The highest BCUT2D eigenvalue weighted by Crippen LogP contribution is 2.24. The number of thioether (sulfide) groups is 1. The lowest BCUT2D eigenvalue weighted by atomic mass is 10.2. The number of halogens is 2. The van der Waals surface area contributed by atoms with Gasteiger partial charge < -0.3 is 9.26 Å². The highest BCUT2D eigenvalue weighted by Gasteiger charge is 2.14. The monoisotopic (exact) mass is 459 g/mol. The Hall–Kier alpha value is -3.24. The summed E-state index contributed by atoms with van der Waals surface area (Å²) in [5.41, 5.74) is 2.31. The number of rotatable bonds is 7. The van der Waals surface area contributed by atoms with Crippen LogP contribution in [-0.4, -0.2) is 36.6 Å². The van der Waals surface area contributed by atoms with Gasteiger partial charge in [-0.15, -0.1) is 10.2 Å². The second-order valence-electron chi connectivity index (χ2n) is 6.39. The summed E-state index contributed by atoms with van der Waals surface area (Å²) < 4.78 is 25.0. The Morgan fingerprint density at radius 1 is 1.26 bits per heavy atom. The SMILES string of the molecule is Cc1ccc(-n2cnnc2SCC(=O)OCc2noc(-c3ccc(F)cc3)n2)cc1Cl. The quantitative estimate of drug-likeness (QED) is 0.299. The van der Waals surface area contributed by atoms with Crippen molar-refractivity contribution >= 4 is 29.3 Å². The number of hydrogen-bond donors (Lipinski definition) is 0. The van der Waals surface area contributed by atoms with Crippen LogP contribution in [0.25, 0.3) is 17.1 Å². The van der Waals surface area contributed by atoms with Gasteiger partial charge in [0.05, 0.1) is 11.4 Å². The van der Waals surface area contributed by atoms with Crippen LogP contribution in [0.15, 0.2) is 58.5 Å². The van der Waals surface area contributed by atoms with Crippen LogP contribution in [0.5, 0.6) is 0 Å². The first kappa shape index (κ1) is 21.0. The summed E-state index contributed by atoms with van der Waals surface area (Å²) in [5, 5.41) is 12.8. The Balaban J connectivity index is 1.32. The zero-order valence-electron chi connectivity index (χ0n) is 16.2. The minimum Gasteiger partial charge on any atom is -0.457 e. The Kier molecular flexibility index (Phi) is 6.28. The first-order valence-electron chi connectivity index (χ1n) is 9.03. The summed E-state index contributed by atoms with van der Waals surface area (Å²) >= 11 is 7.36. The number of benzene rings is 2. The maximum absolute atomic E-state index is 13.0. The van der Waals surface area contributed by atoms with E-state index in [1.165, 1.54) is 36.0 Å². The Bertz CT molecular complexity index is 1210. The zero-order valence-corrected chi connectivity index (χ0v) is 17.7. The zero-order chi connectivity index (χ0) is 21.8. The van der Waals surface area contributed by atoms with Gasteiger partial charge in [0.15, 0.2) is 11.8 Å². The predicted molar refractivity (Wildman–Crippen MR) is 111 cm³/mol. The Morgan fingerprint density at radius 2 is 2.06 bits per heavy atom. The van der Waals surface area contributed by atoms with Gasteiger partial charge >= 0.3 is 5.97 Å². The van der Waals surface area contributed by atoms with E-state index in [1.807, 2.05) is 19.1 Å². The fourth-order valence-corrected chi connectivity index (χ4v) is 3.47. The molecule has 0 fully saturated rings. The van der Waals surface area contributed by atoms with E-state index in [0.29, 0.717) is 15.7 Å². The normalized spacial score (nSPS) is 10.9. The van der Waals surface area contributed by atoms with E-state index >= 15 is 0 Å². The van der Waals surface area contributed by atoms with Gasteiger partial charge in [-0.05, 0) is 48.9 Å². The van der Waals surface area contributed by atoms with Gasteiger partial charge in [0, 0.05) is 10.6 Å². The average Bonchev–Trinajstić information content (AvgIpc) is 3.43. The minimum absolute atomic E-state index is 0.0148. The van der Waals surface area contributed by atoms with Gasteiger partial charge in [0.25, 0.3) is 5.89 Å². The van der Waals surface area contributed by atoms with E-state index in [0.717, 1.165) is 11.3 Å². The molecule has 0 unspecified atom stereocenters. The van der Waals surface area contributed by atoms with Crippen LogP contribution >= 0.6 is 23.4 Å². The molecule has 0 atom stereocenters. The van der Waals surface area contributed by atoms with E-state index < -0.39 is 5.97 Å². The van der Waals surface area contributed by atoms with Crippen molar-refractivity contribution in [3.63, 3.8) is 0 Å². The van der Waals surface area contributed by atoms with Gasteiger partial charge in [-0.3, -0.25) is 9.36 Å². The summed E-state index contributed by atoms with van der Waals surface area (Å²) in [5.74, 6) is -0.410. The molecule has 0 aliphatic rings. The first-order chi connectivity index (χ1) is 15.0. The molecule has 158 valence electrons. The molecule has 4 rings (SSSR count). The molecule has 0 N–H and O–H groups in total. The van der Waals surface area contributed by atoms with E-state index in [2.05, 4.69) is 20.3 Å². The lowest BCUT2D eigenvalue weighted by Gasteiger charge is -2.07. The highest BCUT2D eigenvalue weighted by atomic mass is 35.5. The van der Waals surface area contributed by atoms with Crippen LogP contribution < -0.4 is 0 Å². The molecule has 0 aliphatic carbocycles. The largest absolute Gasteiger partial charge is 0.457 e. The molecule has 4 aromatic rings. The molecule has 0 saturated heterocycles. The first-order valence-corrected chi connectivity index (χ1v) is 10.4. The molecule has 0 amide bonds. The van der Waals surface area contributed by atoms with Crippen molar-refractivity contribution in [1.29, 1.82) is 0 Å². The van der Waals surface area contributed by atoms with Crippen LogP contribution in [0.4, 0.5) is 4.39 Å². The van der Waals surface area contributed by atoms with E-state index in [1.54, 1.807) is 17.0 Å². The van der Waals surface area contributed by atoms with Crippen LogP contribution in [-0.2, 0) is 16.1 Å². The van der Waals surface area contributed by atoms with Crippen LogP contribution in [0, 0.1) is 12.7 Å². The maximum Gasteiger partial charge on any atom is 0.316 e. The molecule has 8 nitrogen and oxygen atoms in total. The molecule has 2 heterocycles. The molecule has 0 saturated carbocycles. The summed E-state index contributed by atoms with van der Waals surface area (Å²) in [6, 6.07) is 11.2. The van der Waals surface area contributed by atoms with Gasteiger partial charge in [0.2, 0.25) is 5.82 Å². The number of aryl methyl sites for hydroxylation is 1. The number of aromatic nitrogens is 5. The van der Waals surface area contributed by atoms with Crippen molar-refractivity contribution in [2.75, 3.05) is 5.75 Å². The third kappa shape index (κ3) is 5.09. The standard InChI is InChI=1S/C20H15ClFN5O3S/c1-12-2-7-15(8-16(12)21)27-11-23-25-20(27)31-10-18(28)29-9-17-24-19(30-26-17)13-3-5-14(22)6-4-13/h2-8,11H,9-10H2,1H3. The molecule has 31 heavy (non-hydrogen) atoms. The Labute approximate surface area is 185 Å². The minimum atomic E-state index is -0.477. The average molecular weight is 460 g/mol. The third-order valence-electron chi connectivity index (χ3n) is 4.19. The summed E-state index contributed by atoms with van der Waals surface area (Å²) in [4.78, 5) is 16.3. The van der Waals surface area contributed by atoms with Crippen molar-refractivity contribution in [2.24, 2.45) is 0 Å². The molecule has 0 bridgehead atoms. The van der Waals surface area contributed by atoms with Crippen LogP contribution in [0.2, 0.25) is 5.02 Å². The van der Waals surface area contributed by atoms with Gasteiger partial charge in [-0.2, -0.15) is 4.98 Å². The lowest BCUT2D eigenvalue weighted by molar-refractivity contribution is -0.141. The Morgan fingerprint density at radius 3 is 2.84 bits per heavy atom. The molecular formula is C20H15ClFN5O3S. The van der Waals surface area contributed by atoms with E-state index in [9.17, 15) is 9.18 Å². The molecule has 11 heteroatoms. The molecule has 2 aromatic carbocycles. The maximum atomic E-state index is 13.0. The van der Waals surface area contributed by atoms with Crippen molar-refractivity contribution in [1.82, 2.24) is 24.9 Å². The van der Waals surface area contributed by atoms with E-state index in [4.69, 9.17) is 20.9 Å². The highest BCUT2D eigenvalue weighted by molar-refractivity contribution is 7.99. The van der Waals surface area contributed by atoms with Gasteiger partial charge in [-0.1, -0.05) is 34.6 Å². The molecular weight excluding hydrogens is 445 g/mol. The van der Waals surface area contributed by atoms with Gasteiger partial charge in [-0.25, -0.2) is 4.39 Å². The predicted octanol–water partition coefficient (Wildman–Crippen LogP) is 4.25. The number of carbonyl (C=O) groups is 1. The summed E-state index contributed by atoms with van der Waals surface area (Å²) in [6.45, 7) is 1.76. The molecule has 0 radical (unpaired) electrons. The van der Waals surface area contributed by atoms with Crippen molar-refractivity contribution in [3.8, 4) is 17.1 Å². The van der Waals surface area contributed by atoms with Crippen molar-refractivity contribution < 1.29 is 18.4 Å². The smallest absolute Gasteiger partial charge is 0.316 e. The molecule has 0 aliphatic heterocycles. The number of esters is 1. The number of ether oxygens (including phenoxy) is 1. The number of hydrogen-bond acceptors (Lipinski definition) is 8.